The van der Waals surface area contributed by atoms with Crippen LogP contribution in [0.5, 0.6) is 0 Å². The maximum atomic E-state index is 13.2. The normalized spacial score (nSPS) is 20.5. The molecule has 0 saturated carbocycles. The summed E-state index contributed by atoms with van der Waals surface area (Å²) in [7, 11) is 0. The maximum Gasteiger partial charge on any atom is 0.336 e. The number of hydrogen-bond donors (Lipinski definition) is 1. The topological polar surface area (TPSA) is 98.5 Å². The lowest BCUT2D eigenvalue weighted by Crippen LogP contribution is -2.38. The first-order chi connectivity index (χ1) is 14.1. The van der Waals surface area contributed by atoms with Crippen molar-refractivity contribution in [2.75, 3.05) is 6.61 Å². The Morgan fingerprint density at radius 3 is 2.73 bits per heavy atom. The highest BCUT2D eigenvalue weighted by atomic mass is 16.6. The summed E-state index contributed by atoms with van der Waals surface area (Å²) in [4.78, 5) is 37.0. The molecule has 1 aliphatic heterocycles. The second-order valence-corrected chi connectivity index (χ2v) is 8.77. The number of nitrogens with one attached hydrogen (secondary N) is 1. The van der Waals surface area contributed by atoms with Crippen LogP contribution in [0, 0.1) is 15.5 Å². The molecule has 1 aliphatic carbocycles. The zero-order valence-electron chi connectivity index (χ0n) is 17.9. The van der Waals surface area contributed by atoms with Crippen LogP contribution in [0.4, 0.5) is 5.69 Å². The van der Waals surface area contributed by atoms with E-state index < -0.39 is 16.8 Å². The fraction of sp³-hybridized carbons (Fsp3) is 0.478. The number of nitro benzene ring substituents is 1. The molecule has 0 amide bonds. The number of unbranched alkanes of at least 4 members (excludes halogenated alkanes) is 1. The fourth-order valence-corrected chi connectivity index (χ4v) is 4.24. The van der Waals surface area contributed by atoms with Crippen molar-refractivity contribution in [3.8, 4) is 0 Å². The van der Waals surface area contributed by atoms with Crippen LogP contribution < -0.4 is 5.32 Å². The Labute approximate surface area is 176 Å². The molecule has 7 nitrogen and oxygen atoms in total. The van der Waals surface area contributed by atoms with E-state index in [1.807, 2.05) is 20.8 Å². The maximum absolute atomic E-state index is 13.2. The number of rotatable bonds is 6. The van der Waals surface area contributed by atoms with Crippen LogP contribution in [-0.2, 0) is 14.3 Å². The van der Waals surface area contributed by atoms with E-state index in [2.05, 4.69) is 5.32 Å². The van der Waals surface area contributed by atoms with Gasteiger partial charge in [0, 0.05) is 41.4 Å². The third-order valence-corrected chi connectivity index (χ3v) is 5.61. The summed E-state index contributed by atoms with van der Waals surface area (Å²) in [5.41, 5.74) is 2.55. The molecule has 30 heavy (non-hydrogen) atoms. The predicted octanol–water partition coefficient (Wildman–Crippen LogP) is 4.54. The van der Waals surface area contributed by atoms with E-state index >= 15 is 0 Å². The summed E-state index contributed by atoms with van der Waals surface area (Å²) in [6.07, 6.45) is 2.65. The standard InChI is InChI=1S/C23H28N2O5/c1-5-6-10-30-22(27)19-14(2)24-17-12-23(3,4)13-18(26)21(17)20(19)15-8-7-9-16(11-15)25(28)29/h7-9,11,20,24H,5-6,10,12-13H2,1-4H3. The van der Waals surface area contributed by atoms with Crippen LogP contribution in [0.15, 0.2) is 46.8 Å². The predicted molar refractivity (Wildman–Crippen MR) is 113 cm³/mol. The molecule has 1 unspecified atom stereocenters. The van der Waals surface area contributed by atoms with E-state index in [-0.39, 0.29) is 16.9 Å². The number of non-ortho nitro benzene ring substituents is 1. The second-order valence-electron chi connectivity index (χ2n) is 8.77. The molecule has 1 atom stereocenters. The second kappa shape index (κ2) is 8.42. The Kier molecular flexibility index (Phi) is 6.10. The SMILES string of the molecule is CCCCOC(=O)C1=C(C)NC2=C(C(=O)CC(C)(C)C2)C1c1cccc([N+](=O)[O-])c1. The molecular formula is C23H28N2O5. The number of hydrogen-bond acceptors (Lipinski definition) is 6. The molecule has 0 spiro atoms. The Hall–Kier alpha value is -2.96. The number of carbonyl (C=O) groups is 2. The molecule has 0 fully saturated rings. The quantitative estimate of drug-likeness (QED) is 0.319. The van der Waals surface area contributed by atoms with E-state index in [0.717, 1.165) is 18.5 Å². The van der Waals surface area contributed by atoms with Gasteiger partial charge >= 0.3 is 5.97 Å². The summed E-state index contributed by atoms with van der Waals surface area (Å²) >= 11 is 0. The molecule has 0 radical (unpaired) electrons. The third-order valence-electron chi connectivity index (χ3n) is 5.61. The molecular weight excluding hydrogens is 384 g/mol. The number of esters is 1. The summed E-state index contributed by atoms with van der Waals surface area (Å²) in [5.74, 6) is -1.22. The minimum Gasteiger partial charge on any atom is -0.462 e. The molecule has 0 bridgehead atoms. The molecule has 1 N–H and O–H groups in total. The van der Waals surface area contributed by atoms with Crippen molar-refractivity contribution < 1.29 is 19.2 Å². The number of ketones is 1. The monoisotopic (exact) mass is 412 g/mol. The number of ether oxygens (including phenoxy) is 1. The Morgan fingerprint density at radius 2 is 2.07 bits per heavy atom. The molecule has 1 aromatic carbocycles. The summed E-state index contributed by atoms with van der Waals surface area (Å²) in [6, 6.07) is 6.16. The number of nitro groups is 1. The smallest absolute Gasteiger partial charge is 0.336 e. The summed E-state index contributed by atoms with van der Waals surface area (Å²) in [5, 5.41) is 14.6. The highest BCUT2D eigenvalue weighted by Crippen LogP contribution is 2.47. The van der Waals surface area contributed by atoms with Gasteiger partial charge in [-0.05, 0) is 30.7 Å². The van der Waals surface area contributed by atoms with E-state index in [9.17, 15) is 19.7 Å². The summed E-state index contributed by atoms with van der Waals surface area (Å²) < 4.78 is 5.47. The average molecular weight is 412 g/mol. The van der Waals surface area contributed by atoms with Gasteiger partial charge in [0.05, 0.1) is 17.1 Å². The van der Waals surface area contributed by atoms with Crippen LogP contribution >= 0.6 is 0 Å². The number of benzene rings is 1. The van der Waals surface area contributed by atoms with E-state index in [0.29, 0.717) is 41.9 Å². The Morgan fingerprint density at radius 1 is 1.33 bits per heavy atom. The lowest BCUT2D eigenvalue weighted by Gasteiger charge is -2.39. The number of allylic oxidation sites excluding steroid dienone is 3. The average Bonchev–Trinajstić information content (AvgIpc) is 2.66. The Balaban J connectivity index is 2.13. The molecule has 2 aliphatic rings. The van der Waals surface area contributed by atoms with Crippen LogP contribution in [0.3, 0.4) is 0 Å². The van der Waals surface area contributed by atoms with Gasteiger partial charge < -0.3 is 10.1 Å². The largest absolute Gasteiger partial charge is 0.462 e. The lowest BCUT2D eigenvalue weighted by atomic mass is 9.68. The lowest BCUT2D eigenvalue weighted by molar-refractivity contribution is -0.384. The molecule has 7 heteroatoms. The third kappa shape index (κ3) is 4.30. The van der Waals surface area contributed by atoms with Gasteiger partial charge in [0.25, 0.3) is 5.69 Å². The first kappa shape index (κ1) is 21.7. The van der Waals surface area contributed by atoms with Crippen LogP contribution in [0.25, 0.3) is 0 Å². The van der Waals surface area contributed by atoms with Gasteiger partial charge in [-0.3, -0.25) is 14.9 Å². The van der Waals surface area contributed by atoms with Gasteiger partial charge in [0.2, 0.25) is 0 Å². The highest BCUT2D eigenvalue weighted by molar-refractivity contribution is 6.04. The van der Waals surface area contributed by atoms with Crippen molar-refractivity contribution >= 4 is 17.4 Å². The molecule has 1 aromatic rings. The van der Waals surface area contributed by atoms with E-state index in [4.69, 9.17) is 4.74 Å². The number of dihydropyridines is 1. The fourth-order valence-electron chi connectivity index (χ4n) is 4.24. The van der Waals surface area contributed by atoms with Gasteiger partial charge in [0.1, 0.15) is 0 Å². The van der Waals surface area contributed by atoms with E-state index in [1.54, 1.807) is 19.1 Å². The van der Waals surface area contributed by atoms with Gasteiger partial charge in [-0.25, -0.2) is 4.79 Å². The minimum absolute atomic E-state index is 0.0448. The summed E-state index contributed by atoms with van der Waals surface area (Å²) in [6.45, 7) is 8.15. The van der Waals surface area contributed by atoms with Gasteiger partial charge in [-0.1, -0.05) is 39.3 Å². The van der Waals surface area contributed by atoms with Crippen molar-refractivity contribution in [2.24, 2.45) is 5.41 Å². The van der Waals surface area contributed by atoms with Crippen molar-refractivity contribution in [3.05, 3.63) is 62.5 Å². The zero-order valence-corrected chi connectivity index (χ0v) is 17.9. The van der Waals surface area contributed by atoms with Gasteiger partial charge in [0.15, 0.2) is 5.78 Å². The zero-order chi connectivity index (χ0) is 22.1. The molecule has 3 rings (SSSR count). The van der Waals surface area contributed by atoms with Crippen molar-refractivity contribution in [1.29, 1.82) is 0 Å². The first-order valence-electron chi connectivity index (χ1n) is 10.3. The van der Waals surface area contributed by atoms with E-state index in [1.165, 1.54) is 12.1 Å². The van der Waals surface area contributed by atoms with Crippen molar-refractivity contribution in [3.63, 3.8) is 0 Å². The van der Waals surface area contributed by atoms with Crippen LogP contribution in [0.2, 0.25) is 0 Å². The highest BCUT2D eigenvalue weighted by Gasteiger charge is 2.43. The van der Waals surface area contributed by atoms with Crippen LogP contribution in [-0.4, -0.2) is 23.3 Å². The molecule has 160 valence electrons. The first-order valence-corrected chi connectivity index (χ1v) is 10.3. The Bertz CT molecular complexity index is 958. The number of Topliss-reactive ketones (excluding diaryl/α,β-unsaturated/α-hetero) is 1. The molecule has 0 saturated heterocycles. The molecule has 1 heterocycles. The van der Waals surface area contributed by atoms with Crippen molar-refractivity contribution in [2.45, 2.75) is 59.3 Å². The minimum atomic E-state index is -0.682. The van der Waals surface area contributed by atoms with Gasteiger partial charge in [-0.2, -0.15) is 0 Å². The number of carbonyl (C=O) groups excluding carboxylic acids is 2. The molecule has 0 aromatic heterocycles. The van der Waals surface area contributed by atoms with Crippen molar-refractivity contribution in [1.82, 2.24) is 5.32 Å². The van der Waals surface area contributed by atoms with Gasteiger partial charge in [-0.15, -0.1) is 0 Å². The number of nitrogens with zero attached hydrogens (tertiary/aromatic N) is 1. The van der Waals surface area contributed by atoms with Crippen LogP contribution in [0.1, 0.15) is 64.9 Å².